The minimum atomic E-state index is -0.410. The van der Waals surface area contributed by atoms with E-state index in [1.54, 1.807) is 0 Å². The number of ether oxygens (including phenoxy) is 1. The molecule has 0 aliphatic carbocycles. The molecular weight excluding hydrogens is 136 g/mol. The molecule has 1 aliphatic rings. The summed E-state index contributed by atoms with van der Waals surface area (Å²) in [5, 5.41) is 3.21. The third-order valence-electron chi connectivity index (χ3n) is 1.14. The molecule has 0 saturated carbocycles. The van der Waals surface area contributed by atoms with E-state index >= 15 is 0 Å². The molecule has 0 spiro atoms. The second-order valence-corrected chi connectivity index (χ2v) is 1.75. The summed E-state index contributed by atoms with van der Waals surface area (Å²) in [6.45, 7) is 0.965. The molecule has 54 valence electrons. The number of hydrogen-bond donors (Lipinski definition) is 0. The molecule has 0 unspecified atom stereocenters. The second kappa shape index (κ2) is 2.93. The van der Waals surface area contributed by atoms with Crippen LogP contribution < -0.4 is 0 Å². The van der Waals surface area contributed by atoms with Gasteiger partial charge in [-0.15, -0.1) is 0 Å². The predicted octanol–water partition coefficient (Wildman–Crippen LogP) is 0.706. The van der Waals surface area contributed by atoms with E-state index in [4.69, 9.17) is 5.53 Å². The summed E-state index contributed by atoms with van der Waals surface area (Å²) in [5.74, 6) is 0. The van der Waals surface area contributed by atoms with Crippen molar-refractivity contribution in [1.29, 1.82) is 0 Å². The monoisotopic (exact) mass is 142 g/mol. The average molecular weight is 142 g/mol. The van der Waals surface area contributed by atoms with Crippen LogP contribution in [-0.2, 0) is 4.74 Å². The fraction of sp³-hybridized carbons (Fsp3) is 0.750. The molecule has 6 heteroatoms. The number of cyclic esters (lactones) is 1. The van der Waals surface area contributed by atoms with Crippen LogP contribution in [0.4, 0.5) is 4.79 Å². The highest BCUT2D eigenvalue weighted by atomic mass is 16.6. The first-order chi connectivity index (χ1) is 4.84. The van der Waals surface area contributed by atoms with Crippen molar-refractivity contribution in [3.8, 4) is 0 Å². The molecule has 1 amide bonds. The van der Waals surface area contributed by atoms with Gasteiger partial charge in [0.25, 0.3) is 0 Å². The molecule has 0 aromatic rings. The van der Waals surface area contributed by atoms with Crippen LogP contribution in [0.2, 0.25) is 0 Å². The van der Waals surface area contributed by atoms with E-state index in [2.05, 4.69) is 14.8 Å². The van der Waals surface area contributed by atoms with E-state index in [0.717, 1.165) is 0 Å². The van der Waals surface area contributed by atoms with Crippen molar-refractivity contribution >= 4 is 6.09 Å². The molecular formula is C4H6N4O2. The number of azide groups is 1. The van der Waals surface area contributed by atoms with Gasteiger partial charge in [-0.05, 0) is 5.53 Å². The lowest BCUT2D eigenvalue weighted by atomic mass is 10.6. The maximum absolute atomic E-state index is 10.6. The molecule has 0 radical (unpaired) electrons. The molecule has 0 aromatic heterocycles. The Bertz CT molecular complexity index is 186. The summed E-state index contributed by atoms with van der Waals surface area (Å²) in [4.78, 5) is 14.4. The van der Waals surface area contributed by atoms with Crippen molar-refractivity contribution in [1.82, 2.24) is 4.90 Å². The van der Waals surface area contributed by atoms with Crippen molar-refractivity contribution in [2.75, 3.05) is 19.8 Å². The first-order valence-corrected chi connectivity index (χ1v) is 2.77. The smallest absolute Gasteiger partial charge is 0.410 e. The van der Waals surface area contributed by atoms with Crippen LogP contribution in [0.1, 0.15) is 0 Å². The molecule has 6 nitrogen and oxygen atoms in total. The lowest BCUT2D eigenvalue weighted by Crippen LogP contribution is -2.23. The van der Waals surface area contributed by atoms with Gasteiger partial charge in [0.2, 0.25) is 0 Å². The highest BCUT2D eigenvalue weighted by molar-refractivity contribution is 5.69. The molecule has 1 rings (SSSR count). The summed E-state index contributed by atoms with van der Waals surface area (Å²) in [7, 11) is 0. The number of nitrogens with zero attached hydrogens (tertiary/aromatic N) is 4. The lowest BCUT2D eigenvalue weighted by Gasteiger charge is -2.05. The largest absolute Gasteiger partial charge is 0.448 e. The maximum atomic E-state index is 10.6. The van der Waals surface area contributed by atoms with Crippen molar-refractivity contribution in [2.45, 2.75) is 0 Å². The molecule has 1 fully saturated rings. The second-order valence-electron chi connectivity index (χ2n) is 1.75. The summed E-state index contributed by atoms with van der Waals surface area (Å²) < 4.78 is 4.57. The molecule has 1 saturated heterocycles. The highest BCUT2D eigenvalue weighted by Gasteiger charge is 2.20. The van der Waals surface area contributed by atoms with E-state index in [1.807, 2.05) is 0 Å². The standard InChI is InChI=1S/C4H6N4O2/c5-7-6-3-8-1-2-10-4(8)9/h1-3H2. The van der Waals surface area contributed by atoms with Crippen molar-refractivity contribution < 1.29 is 9.53 Å². The Morgan fingerprint density at radius 3 is 3.20 bits per heavy atom. The molecule has 10 heavy (non-hydrogen) atoms. The van der Waals surface area contributed by atoms with Gasteiger partial charge in [0.05, 0.1) is 6.54 Å². The van der Waals surface area contributed by atoms with E-state index in [-0.39, 0.29) is 6.67 Å². The molecule has 0 atom stereocenters. The van der Waals surface area contributed by atoms with Crippen LogP contribution in [0.15, 0.2) is 5.11 Å². The summed E-state index contributed by atoms with van der Waals surface area (Å²) in [6, 6.07) is 0. The van der Waals surface area contributed by atoms with Crippen LogP contribution in [0.5, 0.6) is 0 Å². The van der Waals surface area contributed by atoms with Gasteiger partial charge in [0.1, 0.15) is 13.3 Å². The number of hydrogen-bond acceptors (Lipinski definition) is 3. The van der Waals surface area contributed by atoms with Crippen LogP contribution in [0.3, 0.4) is 0 Å². The quantitative estimate of drug-likeness (QED) is 0.323. The number of amides is 1. The van der Waals surface area contributed by atoms with Gasteiger partial charge >= 0.3 is 6.09 Å². The summed E-state index contributed by atoms with van der Waals surface area (Å²) in [5.41, 5.74) is 7.89. The molecule has 1 heterocycles. The molecule has 0 aromatic carbocycles. The minimum absolute atomic E-state index is 0.0648. The van der Waals surface area contributed by atoms with Gasteiger partial charge in [-0.3, -0.25) is 4.90 Å². The normalized spacial score (nSPS) is 16.4. The Morgan fingerprint density at radius 2 is 2.70 bits per heavy atom. The Balaban J connectivity index is 2.40. The van der Waals surface area contributed by atoms with Gasteiger partial charge in [0.15, 0.2) is 0 Å². The molecule has 0 N–H and O–H groups in total. The topological polar surface area (TPSA) is 78.3 Å². The first-order valence-electron chi connectivity index (χ1n) is 2.77. The van der Waals surface area contributed by atoms with E-state index in [1.165, 1.54) is 4.90 Å². The molecule has 0 bridgehead atoms. The highest BCUT2D eigenvalue weighted by Crippen LogP contribution is 2.01. The lowest BCUT2D eigenvalue weighted by molar-refractivity contribution is 0.159. The number of carbonyl (C=O) groups is 1. The third-order valence-corrected chi connectivity index (χ3v) is 1.14. The number of rotatable bonds is 2. The fourth-order valence-electron chi connectivity index (χ4n) is 0.659. The van der Waals surface area contributed by atoms with Crippen LogP contribution in [0.25, 0.3) is 10.4 Å². The SMILES string of the molecule is [N-]=[N+]=NCN1CCOC1=O. The predicted molar refractivity (Wildman–Crippen MR) is 32.1 cm³/mol. The zero-order valence-electron chi connectivity index (χ0n) is 5.23. The Hall–Kier alpha value is -1.42. The van der Waals surface area contributed by atoms with Crippen molar-refractivity contribution in [3.63, 3.8) is 0 Å². The first kappa shape index (κ1) is 6.70. The van der Waals surface area contributed by atoms with Gasteiger partial charge in [-0.2, -0.15) is 0 Å². The maximum Gasteiger partial charge on any atom is 0.410 e. The average Bonchev–Trinajstić information content (AvgIpc) is 2.31. The molecule has 1 aliphatic heterocycles. The number of carbonyl (C=O) groups excluding carboxylic acids is 1. The van der Waals surface area contributed by atoms with E-state index in [0.29, 0.717) is 13.2 Å². The van der Waals surface area contributed by atoms with Crippen molar-refractivity contribution in [3.05, 3.63) is 10.4 Å². The summed E-state index contributed by atoms with van der Waals surface area (Å²) in [6.07, 6.45) is -0.410. The van der Waals surface area contributed by atoms with Gasteiger partial charge in [0, 0.05) is 4.91 Å². The zero-order chi connectivity index (χ0) is 7.40. The minimum Gasteiger partial charge on any atom is -0.448 e. The van der Waals surface area contributed by atoms with Crippen molar-refractivity contribution in [2.24, 2.45) is 5.11 Å². The van der Waals surface area contributed by atoms with Gasteiger partial charge in [-0.1, -0.05) is 5.11 Å². The fourth-order valence-corrected chi connectivity index (χ4v) is 0.659. The van der Waals surface area contributed by atoms with E-state index < -0.39 is 6.09 Å². The third kappa shape index (κ3) is 1.29. The van der Waals surface area contributed by atoms with Crippen LogP contribution >= 0.6 is 0 Å². The Labute approximate surface area is 57.0 Å². The zero-order valence-corrected chi connectivity index (χ0v) is 5.23. The van der Waals surface area contributed by atoms with Gasteiger partial charge in [-0.25, -0.2) is 4.79 Å². The Kier molecular flexibility index (Phi) is 1.96. The van der Waals surface area contributed by atoms with Gasteiger partial charge < -0.3 is 4.74 Å². The van der Waals surface area contributed by atoms with Crippen LogP contribution in [0, 0.1) is 0 Å². The van der Waals surface area contributed by atoms with Crippen LogP contribution in [-0.4, -0.2) is 30.8 Å². The van der Waals surface area contributed by atoms with E-state index in [9.17, 15) is 4.79 Å². The summed E-state index contributed by atoms with van der Waals surface area (Å²) >= 11 is 0. The Morgan fingerprint density at radius 1 is 1.90 bits per heavy atom.